The zero-order valence-corrected chi connectivity index (χ0v) is 17.8. The summed E-state index contributed by atoms with van der Waals surface area (Å²) >= 11 is 6.47. The number of halogens is 4. The summed E-state index contributed by atoms with van der Waals surface area (Å²) in [4.78, 5) is 58.9. The first-order valence-electron chi connectivity index (χ1n) is 9.97. The van der Waals surface area contributed by atoms with Gasteiger partial charge in [0.2, 0.25) is 11.8 Å². The van der Waals surface area contributed by atoms with Crippen LogP contribution in [-0.2, 0) is 19.2 Å². The number of carbonyl (C=O) groups excluding carboxylic acids is 5. The second-order valence-corrected chi connectivity index (χ2v) is 8.50. The Labute approximate surface area is 190 Å². The number of nitrogens with two attached hydrogens (primary N) is 1. The van der Waals surface area contributed by atoms with Gasteiger partial charge in [0.05, 0.1) is 0 Å². The molecule has 0 radical (unpaired) electrons. The van der Waals surface area contributed by atoms with Crippen LogP contribution in [0.1, 0.15) is 36.0 Å². The van der Waals surface area contributed by atoms with E-state index in [2.05, 4.69) is 10.6 Å². The molecule has 1 aliphatic heterocycles. The minimum atomic E-state index is -5.51. The van der Waals surface area contributed by atoms with Crippen LogP contribution < -0.4 is 21.3 Å². The first-order valence-corrected chi connectivity index (χ1v) is 10.4. The van der Waals surface area contributed by atoms with Crippen LogP contribution in [0, 0.1) is 5.92 Å². The van der Waals surface area contributed by atoms with Crippen LogP contribution in [0.5, 0.6) is 0 Å². The highest BCUT2D eigenvalue weighted by Crippen LogP contribution is 2.39. The lowest BCUT2D eigenvalue weighted by atomic mass is 9.92. The molecule has 1 saturated heterocycles. The van der Waals surface area contributed by atoms with Crippen LogP contribution in [-0.4, -0.2) is 53.2 Å². The quantitative estimate of drug-likeness (QED) is 0.284. The molecule has 9 nitrogen and oxygen atoms in total. The fourth-order valence-electron chi connectivity index (χ4n) is 3.51. The van der Waals surface area contributed by atoms with E-state index in [0.717, 1.165) is 18.2 Å². The van der Waals surface area contributed by atoms with Crippen LogP contribution >= 0.6 is 11.6 Å². The summed E-state index contributed by atoms with van der Waals surface area (Å²) < 4.78 is 40.8. The predicted molar refractivity (Wildman–Crippen MR) is 109 cm³/mol. The number of amides is 4. The van der Waals surface area contributed by atoms with Crippen molar-refractivity contribution in [2.75, 3.05) is 11.4 Å². The zero-order valence-electron chi connectivity index (χ0n) is 17.1. The Morgan fingerprint density at radius 1 is 1.18 bits per heavy atom. The minimum Gasteiger partial charge on any atom is -0.366 e. The lowest BCUT2D eigenvalue weighted by Gasteiger charge is -2.39. The predicted octanol–water partition coefficient (Wildman–Crippen LogP) is 0.990. The molecule has 2 fully saturated rings. The summed E-state index contributed by atoms with van der Waals surface area (Å²) in [6, 6.07) is 3.85. The van der Waals surface area contributed by atoms with Gasteiger partial charge in [-0.2, -0.15) is 13.2 Å². The number of alkyl halides is 4. The van der Waals surface area contributed by atoms with Gasteiger partial charge in [0, 0.05) is 36.2 Å². The number of anilines is 1. The first kappa shape index (κ1) is 24.5. The van der Waals surface area contributed by atoms with Gasteiger partial charge >= 0.3 is 12.1 Å². The molecule has 0 aromatic heterocycles. The third-order valence-electron chi connectivity index (χ3n) is 5.34. The number of hydrogen-bond donors (Lipinski definition) is 3. The average Bonchev–Trinajstić information content (AvgIpc) is 3.47. The summed E-state index contributed by atoms with van der Waals surface area (Å²) in [7, 11) is 0. The fraction of sp³-hybridized carbons (Fsp3) is 0.450. The van der Waals surface area contributed by atoms with E-state index in [9.17, 15) is 37.1 Å². The van der Waals surface area contributed by atoms with Crippen molar-refractivity contribution in [3.8, 4) is 0 Å². The van der Waals surface area contributed by atoms with Crippen molar-refractivity contribution >= 4 is 46.7 Å². The largest absolute Gasteiger partial charge is 0.471 e. The molecule has 33 heavy (non-hydrogen) atoms. The molecule has 0 spiro atoms. The first-order chi connectivity index (χ1) is 15.3. The molecule has 0 unspecified atom stereocenters. The van der Waals surface area contributed by atoms with Crippen molar-refractivity contribution in [2.45, 2.75) is 42.9 Å². The summed E-state index contributed by atoms with van der Waals surface area (Å²) in [5.74, 6) is -7.99. The van der Waals surface area contributed by atoms with E-state index in [1.807, 2.05) is 0 Å². The third kappa shape index (κ3) is 5.27. The number of primary amides is 1. The number of ketones is 1. The van der Waals surface area contributed by atoms with Crippen molar-refractivity contribution in [1.29, 1.82) is 0 Å². The van der Waals surface area contributed by atoms with Crippen molar-refractivity contribution in [3.63, 3.8) is 0 Å². The van der Waals surface area contributed by atoms with Gasteiger partial charge in [0.15, 0.2) is 5.00 Å². The Hall–Kier alpha value is -3.15. The molecule has 3 rings (SSSR count). The number of hydrogen-bond acceptors (Lipinski definition) is 5. The fourth-order valence-corrected chi connectivity index (χ4v) is 3.96. The monoisotopic (exact) mass is 488 g/mol. The topological polar surface area (TPSA) is 139 Å². The van der Waals surface area contributed by atoms with Crippen molar-refractivity contribution in [1.82, 2.24) is 10.6 Å². The summed E-state index contributed by atoms with van der Waals surface area (Å²) in [6.07, 6.45) is -5.00. The number of benzene rings is 1. The molecule has 178 valence electrons. The van der Waals surface area contributed by atoms with Crippen molar-refractivity contribution in [2.24, 2.45) is 11.7 Å². The van der Waals surface area contributed by atoms with E-state index in [4.69, 9.17) is 17.3 Å². The Kier molecular flexibility index (Phi) is 6.68. The molecular formula is C20H20ClF3N4O5. The molecule has 2 aliphatic rings. The Morgan fingerprint density at radius 3 is 2.36 bits per heavy atom. The lowest BCUT2D eigenvalue weighted by Crippen LogP contribution is -2.61. The van der Waals surface area contributed by atoms with E-state index in [0.29, 0.717) is 12.8 Å². The molecule has 4 N–H and O–H groups in total. The maximum atomic E-state index is 13.6. The van der Waals surface area contributed by atoms with Gasteiger partial charge in [-0.05, 0) is 37.5 Å². The zero-order chi connectivity index (χ0) is 24.6. The smallest absolute Gasteiger partial charge is 0.366 e. The average molecular weight is 489 g/mol. The Morgan fingerprint density at radius 2 is 1.85 bits per heavy atom. The van der Waals surface area contributed by atoms with Gasteiger partial charge in [0.25, 0.3) is 11.7 Å². The normalized spacial score (nSPS) is 19.9. The molecule has 4 amide bonds. The molecule has 13 heteroatoms. The van der Waals surface area contributed by atoms with Crippen molar-refractivity contribution in [3.05, 3.63) is 29.8 Å². The second kappa shape index (κ2) is 9.00. The van der Waals surface area contributed by atoms with Gasteiger partial charge in [-0.15, -0.1) is 0 Å². The van der Waals surface area contributed by atoms with E-state index in [-0.39, 0.29) is 29.5 Å². The van der Waals surface area contributed by atoms with Gasteiger partial charge < -0.3 is 16.4 Å². The second-order valence-electron chi connectivity index (χ2n) is 7.87. The van der Waals surface area contributed by atoms with Crippen LogP contribution in [0.4, 0.5) is 18.9 Å². The molecule has 2 atom stereocenters. The molecular weight excluding hydrogens is 469 g/mol. The van der Waals surface area contributed by atoms with E-state index in [1.165, 1.54) is 6.07 Å². The summed E-state index contributed by atoms with van der Waals surface area (Å²) in [6.45, 7) is 0.184. The van der Waals surface area contributed by atoms with E-state index < -0.39 is 58.6 Å². The van der Waals surface area contributed by atoms with Crippen LogP contribution in [0.3, 0.4) is 0 Å². The third-order valence-corrected chi connectivity index (χ3v) is 5.83. The molecule has 1 heterocycles. The lowest BCUT2D eigenvalue weighted by molar-refractivity contribution is -0.171. The van der Waals surface area contributed by atoms with Crippen molar-refractivity contribution < 1.29 is 37.1 Å². The maximum absolute atomic E-state index is 13.6. The summed E-state index contributed by atoms with van der Waals surface area (Å²) in [5, 5.41) is 4.81. The number of rotatable bonds is 8. The van der Waals surface area contributed by atoms with Crippen LogP contribution in [0.2, 0.25) is 0 Å². The standard InChI is InChI=1S/C20H20ClF3N4O5/c21-19(9-11-6-7-26-16(11)31,14(29)17(32)27-12-4-5-12)28(18(33)20(22,23)24)13-3-1-2-10(8-13)15(25)30/h1-3,8,11-12H,4-7,9H2,(H2,25,30)(H,26,31)(H,27,32)/t11-,19+/m0/s1. The maximum Gasteiger partial charge on any atom is 0.471 e. The number of Topliss-reactive ketones (excluding diaryl/α,β-unsaturated/α-hetero) is 1. The van der Waals surface area contributed by atoms with Gasteiger partial charge in [-0.1, -0.05) is 17.7 Å². The molecule has 1 saturated carbocycles. The molecule has 1 aromatic carbocycles. The number of carbonyl (C=O) groups is 5. The molecule has 0 bridgehead atoms. The van der Waals surface area contributed by atoms with E-state index in [1.54, 1.807) is 0 Å². The Bertz CT molecular complexity index is 1010. The SMILES string of the molecule is NC(=O)c1cccc(N(C(=O)C(F)(F)F)[C@](Cl)(C[C@@H]2CCNC2=O)C(=O)C(=O)NC2CC2)c1. The molecule has 1 aliphatic carbocycles. The Balaban J connectivity index is 2.14. The van der Waals surface area contributed by atoms with E-state index >= 15 is 0 Å². The number of nitrogens with zero attached hydrogens (tertiary/aromatic N) is 1. The molecule has 1 aromatic rings. The van der Waals surface area contributed by atoms with Crippen LogP contribution in [0.25, 0.3) is 0 Å². The minimum absolute atomic E-state index is 0.0819. The van der Waals surface area contributed by atoms with Gasteiger partial charge in [-0.3, -0.25) is 28.9 Å². The summed E-state index contributed by atoms with van der Waals surface area (Å²) in [5.41, 5.74) is 4.34. The van der Waals surface area contributed by atoms with Gasteiger partial charge in [-0.25, -0.2) is 0 Å². The highest BCUT2D eigenvalue weighted by molar-refractivity contribution is 6.54. The van der Waals surface area contributed by atoms with Crippen LogP contribution in [0.15, 0.2) is 24.3 Å². The highest BCUT2D eigenvalue weighted by Gasteiger charge is 2.57. The number of nitrogens with one attached hydrogen (secondary N) is 2. The highest BCUT2D eigenvalue weighted by atomic mass is 35.5. The van der Waals surface area contributed by atoms with Gasteiger partial charge in [0.1, 0.15) is 0 Å².